The zero-order valence-electron chi connectivity index (χ0n) is 14.7. The second-order valence-electron chi connectivity index (χ2n) is 5.66. The maximum absolute atomic E-state index is 11.8. The first-order chi connectivity index (χ1) is 13.1. The van der Waals surface area contributed by atoms with Crippen molar-refractivity contribution in [3.63, 3.8) is 0 Å². The summed E-state index contributed by atoms with van der Waals surface area (Å²) in [6.07, 6.45) is 1.23. The molecule has 3 aromatic carbocycles. The molecule has 0 fully saturated rings. The van der Waals surface area contributed by atoms with Crippen LogP contribution in [-0.2, 0) is 4.79 Å². The van der Waals surface area contributed by atoms with E-state index < -0.39 is 0 Å². The van der Waals surface area contributed by atoms with E-state index in [1.54, 1.807) is 43.5 Å². The van der Waals surface area contributed by atoms with Crippen LogP contribution in [0.15, 0.2) is 79.4 Å². The molecular weight excluding hydrogens is 362 g/mol. The smallest absolute Gasteiger partial charge is 0.247 e. The quantitative estimate of drug-likeness (QED) is 0.540. The molecule has 1 N–H and O–H groups in total. The maximum Gasteiger partial charge on any atom is 0.247 e. The van der Waals surface area contributed by atoms with Gasteiger partial charge in [0.2, 0.25) is 5.91 Å². The minimum Gasteiger partial charge on any atom is -0.497 e. The second-order valence-corrected chi connectivity index (χ2v) is 6.09. The van der Waals surface area contributed by atoms with Gasteiger partial charge < -0.3 is 14.8 Å². The average Bonchev–Trinajstić information content (AvgIpc) is 2.70. The molecule has 1 amide bonds. The Labute approximate surface area is 163 Å². The standard InChI is InChI=1S/C22H18ClNO3/c1-3-22(25)24-20-13-12-17(26-2)14-19(20)18-6-4-5-7-21(18)27-16-10-8-15(23)9-11-16/h3-14H,1H2,2H3,(H,24,25). The number of ether oxygens (including phenoxy) is 2. The minimum absolute atomic E-state index is 0.294. The summed E-state index contributed by atoms with van der Waals surface area (Å²) in [4.78, 5) is 11.8. The van der Waals surface area contributed by atoms with Crippen LogP contribution in [0.1, 0.15) is 0 Å². The molecule has 0 saturated carbocycles. The van der Waals surface area contributed by atoms with E-state index in [0.717, 1.165) is 11.1 Å². The molecule has 0 aliphatic carbocycles. The Balaban J connectivity index is 2.06. The Hall–Kier alpha value is -3.24. The molecule has 0 bridgehead atoms. The first kappa shape index (κ1) is 18.5. The van der Waals surface area contributed by atoms with Crippen LogP contribution in [0.3, 0.4) is 0 Å². The van der Waals surface area contributed by atoms with Gasteiger partial charge in [-0.15, -0.1) is 0 Å². The van der Waals surface area contributed by atoms with Gasteiger partial charge in [-0.2, -0.15) is 0 Å². The number of hydrogen-bond acceptors (Lipinski definition) is 3. The van der Waals surface area contributed by atoms with Gasteiger partial charge in [-0.3, -0.25) is 4.79 Å². The summed E-state index contributed by atoms with van der Waals surface area (Å²) in [5.41, 5.74) is 2.22. The lowest BCUT2D eigenvalue weighted by molar-refractivity contribution is -0.111. The topological polar surface area (TPSA) is 47.6 Å². The fraction of sp³-hybridized carbons (Fsp3) is 0.0455. The highest BCUT2D eigenvalue weighted by atomic mass is 35.5. The highest BCUT2D eigenvalue weighted by Gasteiger charge is 2.14. The van der Waals surface area contributed by atoms with E-state index >= 15 is 0 Å². The van der Waals surface area contributed by atoms with Crippen molar-refractivity contribution in [3.05, 3.63) is 84.4 Å². The third-order valence-electron chi connectivity index (χ3n) is 3.89. The van der Waals surface area contributed by atoms with E-state index in [0.29, 0.717) is 28.0 Å². The van der Waals surface area contributed by atoms with Crippen LogP contribution in [0.2, 0.25) is 5.02 Å². The first-order valence-corrected chi connectivity index (χ1v) is 8.63. The number of nitrogens with one attached hydrogen (secondary N) is 1. The Bertz CT molecular complexity index is 968. The fourth-order valence-electron chi connectivity index (χ4n) is 2.57. The lowest BCUT2D eigenvalue weighted by Gasteiger charge is -2.16. The monoisotopic (exact) mass is 379 g/mol. The summed E-state index contributed by atoms with van der Waals surface area (Å²) in [6, 6.07) is 20.1. The number of anilines is 1. The minimum atomic E-state index is -0.294. The van der Waals surface area contributed by atoms with Gasteiger partial charge in [-0.25, -0.2) is 0 Å². The molecule has 0 unspecified atom stereocenters. The van der Waals surface area contributed by atoms with Crippen molar-refractivity contribution in [2.75, 3.05) is 12.4 Å². The summed E-state index contributed by atoms with van der Waals surface area (Å²) in [5.74, 6) is 1.68. The van der Waals surface area contributed by atoms with Crippen molar-refractivity contribution in [2.45, 2.75) is 0 Å². The van der Waals surface area contributed by atoms with Crippen LogP contribution in [0, 0.1) is 0 Å². The van der Waals surface area contributed by atoms with Crippen molar-refractivity contribution >= 4 is 23.2 Å². The molecular formula is C22H18ClNO3. The van der Waals surface area contributed by atoms with Crippen LogP contribution in [0.5, 0.6) is 17.2 Å². The van der Waals surface area contributed by atoms with Gasteiger partial charge in [0.1, 0.15) is 17.2 Å². The molecule has 3 rings (SSSR count). The molecule has 3 aromatic rings. The van der Waals surface area contributed by atoms with Gasteiger partial charge in [0.15, 0.2) is 0 Å². The van der Waals surface area contributed by atoms with Gasteiger partial charge >= 0.3 is 0 Å². The first-order valence-electron chi connectivity index (χ1n) is 8.25. The molecule has 136 valence electrons. The number of methoxy groups -OCH3 is 1. The number of hydrogen-bond donors (Lipinski definition) is 1. The van der Waals surface area contributed by atoms with E-state index in [4.69, 9.17) is 21.1 Å². The molecule has 4 nitrogen and oxygen atoms in total. The van der Waals surface area contributed by atoms with Gasteiger partial charge in [0, 0.05) is 21.8 Å². The summed E-state index contributed by atoms with van der Waals surface area (Å²) in [6.45, 7) is 3.50. The molecule has 0 aromatic heterocycles. The molecule has 0 aliphatic rings. The van der Waals surface area contributed by atoms with Gasteiger partial charge in [0.25, 0.3) is 0 Å². The SMILES string of the molecule is C=CC(=O)Nc1ccc(OC)cc1-c1ccccc1Oc1ccc(Cl)cc1. The summed E-state index contributed by atoms with van der Waals surface area (Å²) in [7, 11) is 1.59. The van der Waals surface area contributed by atoms with E-state index in [-0.39, 0.29) is 5.91 Å². The summed E-state index contributed by atoms with van der Waals surface area (Å²) >= 11 is 5.94. The zero-order valence-corrected chi connectivity index (χ0v) is 15.5. The third kappa shape index (κ3) is 4.49. The molecule has 0 radical (unpaired) electrons. The van der Waals surface area contributed by atoms with Crippen molar-refractivity contribution < 1.29 is 14.3 Å². The number of carbonyl (C=O) groups excluding carboxylic acids is 1. The van der Waals surface area contributed by atoms with Crippen molar-refractivity contribution in [1.29, 1.82) is 0 Å². The summed E-state index contributed by atoms with van der Waals surface area (Å²) in [5, 5.41) is 3.46. The predicted molar refractivity (Wildman–Crippen MR) is 109 cm³/mol. The molecule has 0 heterocycles. The van der Waals surface area contributed by atoms with Gasteiger partial charge in [0.05, 0.1) is 7.11 Å². The highest BCUT2D eigenvalue weighted by molar-refractivity contribution is 6.30. The molecule has 0 saturated heterocycles. The van der Waals surface area contributed by atoms with E-state index in [1.165, 1.54) is 6.08 Å². The van der Waals surface area contributed by atoms with Crippen LogP contribution < -0.4 is 14.8 Å². The number of carbonyl (C=O) groups is 1. The number of benzene rings is 3. The Morgan fingerprint density at radius 2 is 1.70 bits per heavy atom. The largest absolute Gasteiger partial charge is 0.497 e. The Kier molecular flexibility index (Phi) is 5.79. The average molecular weight is 380 g/mol. The number of amides is 1. The van der Waals surface area contributed by atoms with E-state index in [1.807, 2.05) is 30.3 Å². The normalized spacial score (nSPS) is 10.1. The van der Waals surface area contributed by atoms with Crippen LogP contribution in [-0.4, -0.2) is 13.0 Å². The molecule has 27 heavy (non-hydrogen) atoms. The fourth-order valence-corrected chi connectivity index (χ4v) is 2.70. The maximum atomic E-state index is 11.8. The number of rotatable bonds is 6. The number of halogens is 1. The Morgan fingerprint density at radius 1 is 1.00 bits per heavy atom. The van der Waals surface area contributed by atoms with Crippen molar-refractivity contribution in [1.82, 2.24) is 0 Å². The predicted octanol–water partition coefficient (Wildman–Crippen LogP) is 5.93. The molecule has 0 spiro atoms. The number of para-hydroxylation sites is 1. The highest BCUT2D eigenvalue weighted by Crippen LogP contribution is 2.39. The Morgan fingerprint density at radius 3 is 2.41 bits per heavy atom. The molecule has 0 atom stereocenters. The van der Waals surface area contributed by atoms with E-state index in [9.17, 15) is 4.79 Å². The van der Waals surface area contributed by atoms with Gasteiger partial charge in [-0.1, -0.05) is 36.4 Å². The van der Waals surface area contributed by atoms with Crippen molar-refractivity contribution in [3.8, 4) is 28.4 Å². The zero-order chi connectivity index (χ0) is 19.2. The van der Waals surface area contributed by atoms with Crippen LogP contribution >= 0.6 is 11.6 Å². The van der Waals surface area contributed by atoms with Crippen LogP contribution in [0.25, 0.3) is 11.1 Å². The molecule has 5 heteroatoms. The lowest BCUT2D eigenvalue weighted by Crippen LogP contribution is -2.08. The van der Waals surface area contributed by atoms with Gasteiger partial charge in [-0.05, 0) is 54.6 Å². The van der Waals surface area contributed by atoms with Crippen molar-refractivity contribution in [2.24, 2.45) is 0 Å². The van der Waals surface area contributed by atoms with E-state index in [2.05, 4.69) is 11.9 Å². The summed E-state index contributed by atoms with van der Waals surface area (Å²) < 4.78 is 11.4. The third-order valence-corrected chi connectivity index (χ3v) is 4.14. The lowest BCUT2D eigenvalue weighted by atomic mass is 10.0. The molecule has 0 aliphatic heterocycles. The second kappa shape index (κ2) is 8.43. The van der Waals surface area contributed by atoms with Crippen LogP contribution in [0.4, 0.5) is 5.69 Å².